The number of nitrogens with zero attached hydrogens (tertiary/aromatic N) is 1. The fraction of sp³-hybridized carbons (Fsp3) is 0.364. The lowest BCUT2D eigenvalue weighted by molar-refractivity contribution is 0.0752. The third-order valence-electron chi connectivity index (χ3n) is 4.29. The molecule has 2 amide bonds. The third kappa shape index (κ3) is 5.73. The first kappa shape index (κ1) is 19.7. The van der Waals surface area contributed by atoms with Crippen molar-refractivity contribution in [2.75, 3.05) is 13.1 Å². The van der Waals surface area contributed by atoms with Crippen LogP contribution in [0.5, 0.6) is 0 Å². The highest BCUT2D eigenvalue weighted by atomic mass is 16.2. The van der Waals surface area contributed by atoms with Crippen molar-refractivity contribution in [3.8, 4) is 0 Å². The minimum absolute atomic E-state index is 0.0249. The van der Waals surface area contributed by atoms with Crippen molar-refractivity contribution >= 4 is 11.8 Å². The average Bonchev–Trinajstić information content (AvgIpc) is 2.66. The number of benzene rings is 2. The molecule has 2 rings (SSSR count). The van der Waals surface area contributed by atoms with E-state index in [9.17, 15) is 9.59 Å². The van der Waals surface area contributed by atoms with Crippen LogP contribution in [0, 0.1) is 5.92 Å². The summed E-state index contributed by atoms with van der Waals surface area (Å²) in [5, 5.41) is 2.91. The Morgan fingerprint density at radius 2 is 1.58 bits per heavy atom. The van der Waals surface area contributed by atoms with E-state index in [1.807, 2.05) is 37.3 Å². The molecule has 0 atom stereocenters. The zero-order chi connectivity index (χ0) is 18.9. The van der Waals surface area contributed by atoms with Gasteiger partial charge in [-0.15, -0.1) is 0 Å². The normalized spacial score (nSPS) is 10.6. The van der Waals surface area contributed by atoms with Gasteiger partial charge < -0.3 is 10.2 Å². The van der Waals surface area contributed by atoms with Gasteiger partial charge in [-0.2, -0.15) is 0 Å². The zero-order valence-corrected chi connectivity index (χ0v) is 15.9. The van der Waals surface area contributed by atoms with Crippen molar-refractivity contribution in [3.63, 3.8) is 0 Å². The van der Waals surface area contributed by atoms with Gasteiger partial charge in [-0.25, -0.2) is 0 Å². The standard InChI is InChI=1S/C22H28N2O2/c1-4-24(16-18-8-6-5-7-9-18)22(26)20-12-10-19(11-13-20)21(25)23-15-14-17(2)3/h5-13,17H,4,14-16H2,1-3H3,(H,23,25). The van der Waals surface area contributed by atoms with Gasteiger partial charge in [0, 0.05) is 30.8 Å². The molecular formula is C22H28N2O2. The fourth-order valence-electron chi connectivity index (χ4n) is 2.65. The van der Waals surface area contributed by atoms with E-state index < -0.39 is 0 Å². The molecule has 4 nitrogen and oxygen atoms in total. The molecule has 26 heavy (non-hydrogen) atoms. The molecule has 0 aliphatic rings. The van der Waals surface area contributed by atoms with Gasteiger partial charge in [-0.3, -0.25) is 9.59 Å². The second-order valence-electron chi connectivity index (χ2n) is 6.82. The highest BCUT2D eigenvalue weighted by Gasteiger charge is 2.15. The molecule has 0 fully saturated rings. The topological polar surface area (TPSA) is 49.4 Å². The summed E-state index contributed by atoms with van der Waals surface area (Å²) in [6.45, 7) is 8.09. The number of hydrogen-bond acceptors (Lipinski definition) is 2. The Labute approximate surface area is 156 Å². The number of carbonyl (C=O) groups excluding carboxylic acids is 2. The monoisotopic (exact) mass is 352 g/mol. The van der Waals surface area contributed by atoms with Crippen LogP contribution >= 0.6 is 0 Å². The third-order valence-corrected chi connectivity index (χ3v) is 4.29. The molecule has 0 radical (unpaired) electrons. The zero-order valence-electron chi connectivity index (χ0n) is 15.9. The number of amides is 2. The van der Waals surface area contributed by atoms with E-state index in [1.54, 1.807) is 29.2 Å². The van der Waals surface area contributed by atoms with Crippen LogP contribution in [-0.2, 0) is 6.54 Å². The molecule has 0 heterocycles. The van der Waals surface area contributed by atoms with E-state index in [0.29, 0.717) is 36.7 Å². The Kier molecular flexibility index (Phi) is 7.39. The van der Waals surface area contributed by atoms with Crippen LogP contribution in [0.25, 0.3) is 0 Å². The highest BCUT2D eigenvalue weighted by molar-refractivity contribution is 5.97. The summed E-state index contributed by atoms with van der Waals surface area (Å²) in [6.07, 6.45) is 0.952. The molecule has 0 saturated carbocycles. The van der Waals surface area contributed by atoms with E-state index in [-0.39, 0.29) is 11.8 Å². The van der Waals surface area contributed by atoms with Crippen LogP contribution in [0.3, 0.4) is 0 Å². The van der Waals surface area contributed by atoms with Gasteiger partial charge in [0.05, 0.1) is 0 Å². The molecule has 0 bridgehead atoms. The summed E-state index contributed by atoms with van der Waals surface area (Å²) in [5.74, 6) is 0.435. The van der Waals surface area contributed by atoms with Crippen molar-refractivity contribution in [2.24, 2.45) is 5.92 Å². The van der Waals surface area contributed by atoms with Gasteiger partial charge in [0.25, 0.3) is 11.8 Å². The first-order valence-corrected chi connectivity index (χ1v) is 9.22. The summed E-state index contributed by atoms with van der Waals surface area (Å²) < 4.78 is 0. The molecule has 0 saturated heterocycles. The summed E-state index contributed by atoms with van der Waals surface area (Å²) in [6, 6.07) is 16.8. The van der Waals surface area contributed by atoms with Gasteiger partial charge in [0.2, 0.25) is 0 Å². The lowest BCUT2D eigenvalue weighted by Crippen LogP contribution is -2.30. The SMILES string of the molecule is CCN(Cc1ccccc1)C(=O)c1ccc(C(=O)NCCC(C)C)cc1. The molecule has 0 spiro atoms. The number of carbonyl (C=O) groups is 2. The highest BCUT2D eigenvalue weighted by Crippen LogP contribution is 2.11. The van der Waals surface area contributed by atoms with E-state index >= 15 is 0 Å². The van der Waals surface area contributed by atoms with Crippen molar-refractivity contribution < 1.29 is 9.59 Å². The van der Waals surface area contributed by atoms with Gasteiger partial charge >= 0.3 is 0 Å². The molecule has 1 N–H and O–H groups in total. The molecule has 0 unspecified atom stereocenters. The molecule has 138 valence electrons. The average molecular weight is 352 g/mol. The van der Waals surface area contributed by atoms with Gasteiger partial charge in [-0.1, -0.05) is 44.2 Å². The van der Waals surface area contributed by atoms with Gasteiger partial charge in [0.1, 0.15) is 0 Å². The molecule has 4 heteroatoms. The summed E-state index contributed by atoms with van der Waals surface area (Å²) >= 11 is 0. The summed E-state index contributed by atoms with van der Waals surface area (Å²) in [5.41, 5.74) is 2.28. The van der Waals surface area contributed by atoms with E-state index in [1.165, 1.54) is 0 Å². The minimum atomic E-state index is -0.0960. The molecule has 0 aliphatic heterocycles. The predicted molar refractivity (Wildman–Crippen MR) is 105 cm³/mol. The Morgan fingerprint density at radius 3 is 2.15 bits per heavy atom. The van der Waals surface area contributed by atoms with Crippen molar-refractivity contribution in [2.45, 2.75) is 33.7 Å². The maximum absolute atomic E-state index is 12.7. The largest absolute Gasteiger partial charge is 0.352 e. The Hall–Kier alpha value is -2.62. The van der Waals surface area contributed by atoms with Crippen molar-refractivity contribution in [1.82, 2.24) is 10.2 Å². The quantitative estimate of drug-likeness (QED) is 0.777. The van der Waals surface area contributed by atoms with Crippen molar-refractivity contribution in [1.29, 1.82) is 0 Å². The number of nitrogens with one attached hydrogen (secondary N) is 1. The maximum atomic E-state index is 12.7. The van der Waals surface area contributed by atoms with Crippen molar-refractivity contribution in [3.05, 3.63) is 71.3 Å². The smallest absolute Gasteiger partial charge is 0.254 e. The van der Waals surface area contributed by atoms with E-state index in [2.05, 4.69) is 19.2 Å². The Bertz CT molecular complexity index is 709. The lowest BCUT2D eigenvalue weighted by Gasteiger charge is -2.21. The van der Waals surface area contributed by atoms with Crippen LogP contribution < -0.4 is 5.32 Å². The fourth-order valence-corrected chi connectivity index (χ4v) is 2.65. The second kappa shape index (κ2) is 9.76. The van der Waals surface area contributed by atoms with Gasteiger partial charge in [-0.05, 0) is 49.1 Å². The summed E-state index contributed by atoms with van der Waals surface area (Å²) in [4.78, 5) is 26.7. The van der Waals surface area contributed by atoms with Crippen LogP contribution in [0.2, 0.25) is 0 Å². The first-order valence-electron chi connectivity index (χ1n) is 9.22. The predicted octanol–water partition coefficient (Wildman–Crippen LogP) is 4.12. The van der Waals surface area contributed by atoms with Crippen LogP contribution in [0.1, 0.15) is 53.5 Å². The minimum Gasteiger partial charge on any atom is -0.352 e. The van der Waals surface area contributed by atoms with Gasteiger partial charge in [0.15, 0.2) is 0 Å². The van der Waals surface area contributed by atoms with Crippen LogP contribution in [-0.4, -0.2) is 29.8 Å². The molecular weight excluding hydrogens is 324 g/mol. The van der Waals surface area contributed by atoms with E-state index in [4.69, 9.17) is 0 Å². The van der Waals surface area contributed by atoms with Crippen LogP contribution in [0.15, 0.2) is 54.6 Å². The Balaban J connectivity index is 1.99. The summed E-state index contributed by atoms with van der Waals surface area (Å²) in [7, 11) is 0. The first-order chi connectivity index (χ1) is 12.5. The number of hydrogen-bond donors (Lipinski definition) is 1. The number of rotatable bonds is 8. The van der Waals surface area contributed by atoms with Crippen LogP contribution in [0.4, 0.5) is 0 Å². The molecule has 2 aromatic carbocycles. The van der Waals surface area contributed by atoms with E-state index in [0.717, 1.165) is 12.0 Å². The molecule has 0 aromatic heterocycles. The lowest BCUT2D eigenvalue weighted by atomic mass is 10.1. The maximum Gasteiger partial charge on any atom is 0.254 e. The molecule has 2 aromatic rings. The second-order valence-corrected chi connectivity index (χ2v) is 6.82. The molecule has 0 aliphatic carbocycles. The Morgan fingerprint density at radius 1 is 0.962 bits per heavy atom.